The summed E-state index contributed by atoms with van der Waals surface area (Å²) in [5.41, 5.74) is 7.04. The summed E-state index contributed by atoms with van der Waals surface area (Å²) < 4.78 is 15.9. The van der Waals surface area contributed by atoms with Gasteiger partial charge in [0.15, 0.2) is 0 Å². The highest BCUT2D eigenvalue weighted by Crippen LogP contribution is 2.46. The minimum atomic E-state index is 0.125. The maximum absolute atomic E-state index is 6.45. The molecule has 2 aromatic heterocycles. The lowest BCUT2D eigenvalue weighted by molar-refractivity contribution is 0.394. The Morgan fingerprint density at radius 1 is 0.920 bits per heavy atom. The molecule has 0 atom stereocenters. The third-order valence-corrected chi connectivity index (χ3v) is 4.33. The van der Waals surface area contributed by atoms with Gasteiger partial charge >= 0.3 is 0 Å². The van der Waals surface area contributed by atoms with Gasteiger partial charge < -0.3 is 19.9 Å². The normalized spacial score (nSPS) is 10.8. The Hall–Kier alpha value is -2.51. The van der Waals surface area contributed by atoms with Crippen LogP contribution in [-0.4, -0.2) is 36.3 Å². The first-order chi connectivity index (χ1) is 12.0. The van der Waals surface area contributed by atoms with Crippen LogP contribution >= 0.6 is 23.2 Å². The number of ether oxygens (including phenoxy) is 3. The fraction of sp³-hybridized carbons (Fsp3) is 0.188. The minimum absolute atomic E-state index is 0.125. The predicted molar refractivity (Wildman–Crippen MR) is 96.9 cm³/mol. The zero-order valence-corrected chi connectivity index (χ0v) is 15.1. The zero-order chi connectivity index (χ0) is 18.1. The molecule has 1 aromatic carbocycles. The van der Waals surface area contributed by atoms with Crippen LogP contribution in [-0.2, 0) is 0 Å². The molecule has 3 aromatic rings. The number of fused-ring (bicyclic) bond motifs is 1. The first-order valence-corrected chi connectivity index (χ1v) is 7.83. The quantitative estimate of drug-likeness (QED) is 0.738. The molecule has 0 aliphatic carbocycles. The van der Waals surface area contributed by atoms with E-state index in [0.29, 0.717) is 43.7 Å². The molecule has 0 amide bonds. The second-order valence-electron chi connectivity index (χ2n) is 4.97. The molecule has 0 fully saturated rings. The van der Waals surface area contributed by atoms with Crippen molar-refractivity contribution in [3.8, 4) is 28.6 Å². The van der Waals surface area contributed by atoms with Crippen molar-refractivity contribution in [1.29, 1.82) is 0 Å². The first-order valence-electron chi connectivity index (χ1n) is 7.07. The Kier molecular flexibility index (Phi) is 4.69. The van der Waals surface area contributed by atoms with Gasteiger partial charge in [-0.1, -0.05) is 23.2 Å². The van der Waals surface area contributed by atoms with Crippen molar-refractivity contribution in [3.05, 3.63) is 28.4 Å². The highest BCUT2D eigenvalue weighted by atomic mass is 35.5. The predicted octanol–water partition coefficient (Wildman–Crippen LogP) is 3.61. The molecule has 0 saturated heterocycles. The third-order valence-electron chi connectivity index (χ3n) is 3.58. The summed E-state index contributed by atoms with van der Waals surface area (Å²) in [4.78, 5) is 12.6. The van der Waals surface area contributed by atoms with Crippen LogP contribution in [0.3, 0.4) is 0 Å². The second kappa shape index (κ2) is 6.78. The molecule has 0 aliphatic heterocycles. The van der Waals surface area contributed by atoms with Crippen LogP contribution in [0.25, 0.3) is 22.2 Å². The summed E-state index contributed by atoms with van der Waals surface area (Å²) in [5, 5.41) is 1.28. The fourth-order valence-electron chi connectivity index (χ4n) is 2.40. The number of methoxy groups -OCH3 is 3. The number of hydrogen-bond donors (Lipinski definition) is 1. The topological polar surface area (TPSA) is 92.4 Å². The number of aromatic nitrogens is 3. The van der Waals surface area contributed by atoms with E-state index in [0.717, 1.165) is 0 Å². The molecule has 9 heteroatoms. The maximum atomic E-state index is 6.45. The zero-order valence-electron chi connectivity index (χ0n) is 13.6. The van der Waals surface area contributed by atoms with Crippen LogP contribution < -0.4 is 19.9 Å². The standard InChI is InChI=1S/C16H14Cl2N4O3/c1-23-9-5-10(24-2)13(18)11(12(9)17)8-4-7-6-20-16(19)22-14(7)15(21-8)25-3/h4-6H,1-3H3,(H2,19,20,22). The average molecular weight is 381 g/mol. The van der Waals surface area contributed by atoms with Gasteiger partial charge in [-0.3, -0.25) is 0 Å². The van der Waals surface area contributed by atoms with Gasteiger partial charge in [0.1, 0.15) is 17.0 Å². The number of anilines is 1. The fourth-order valence-corrected chi connectivity index (χ4v) is 3.10. The van der Waals surface area contributed by atoms with Crippen molar-refractivity contribution in [3.63, 3.8) is 0 Å². The highest BCUT2D eigenvalue weighted by Gasteiger charge is 2.21. The molecular formula is C16H14Cl2N4O3. The lowest BCUT2D eigenvalue weighted by atomic mass is 10.1. The van der Waals surface area contributed by atoms with Gasteiger partial charge in [0.25, 0.3) is 0 Å². The van der Waals surface area contributed by atoms with E-state index in [4.69, 9.17) is 43.1 Å². The van der Waals surface area contributed by atoms with Crippen molar-refractivity contribution < 1.29 is 14.2 Å². The van der Waals surface area contributed by atoms with E-state index in [9.17, 15) is 0 Å². The van der Waals surface area contributed by atoms with Crippen molar-refractivity contribution in [1.82, 2.24) is 15.0 Å². The van der Waals surface area contributed by atoms with Gasteiger partial charge in [-0.15, -0.1) is 0 Å². The van der Waals surface area contributed by atoms with E-state index in [1.807, 2.05) is 0 Å². The van der Waals surface area contributed by atoms with Crippen LogP contribution in [0.4, 0.5) is 5.95 Å². The van der Waals surface area contributed by atoms with Gasteiger partial charge in [0.05, 0.1) is 37.1 Å². The lowest BCUT2D eigenvalue weighted by Crippen LogP contribution is -2.00. The summed E-state index contributed by atoms with van der Waals surface area (Å²) in [7, 11) is 4.49. The van der Waals surface area contributed by atoms with E-state index in [-0.39, 0.29) is 11.8 Å². The van der Waals surface area contributed by atoms with Gasteiger partial charge in [-0.25, -0.2) is 15.0 Å². The van der Waals surface area contributed by atoms with Crippen molar-refractivity contribution in [2.45, 2.75) is 0 Å². The van der Waals surface area contributed by atoms with Gasteiger partial charge in [-0.05, 0) is 6.07 Å². The lowest BCUT2D eigenvalue weighted by Gasteiger charge is -2.15. The minimum Gasteiger partial charge on any atom is -0.495 e. The molecule has 0 bridgehead atoms. The van der Waals surface area contributed by atoms with Gasteiger partial charge in [0, 0.05) is 23.2 Å². The number of nitrogens with two attached hydrogens (primary N) is 1. The number of hydrogen-bond acceptors (Lipinski definition) is 7. The third kappa shape index (κ3) is 2.96. The molecule has 7 nitrogen and oxygen atoms in total. The monoisotopic (exact) mass is 380 g/mol. The summed E-state index contributed by atoms with van der Waals surface area (Å²) >= 11 is 12.9. The summed E-state index contributed by atoms with van der Waals surface area (Å²) in [6, 6.07) is 3.35. The van der Waals surface area contributed by atoms with Gasteiger partial charge in [0.2, 0.25) is 11.8 Å². The Morgan fingerprint density at radius 3 is 2.12 bits per heavy atom. The average Bonchev–Trinajstić information content (AvgIpc) is 2.61. The van der Waals surface area contributed by atoms with E-state index >= 15 is 0 Å². The Morgan fingerprint density at radius 2 is 1.56 bits per heavy atom. The number of benzene rings is 1. The molecular weight excluding hydrogens is 367 g/mol. The molecule has 0 aliphatic rings. The number of nitrogens with zero attached hydrogens (tertiary/aromatic N) is 3. The van der Waals surface area contributed by atoms with Crippen LogP contribution in [0.5, 0.6) is 17.4 Å². The molecule has 25 heavy (non-hydrogen) atoms. The van der Waals surface area contributed by atoms with E-state index in [1.165, 1.54) is 21.3 Å². The smallest absolute Gasteiger partial charge is 0.241 e. The molecule has 2 heterocycles. The van der Waals surface area contributed by atoms with Crippen molar-refractivity contribution in [2.24, 2.45) is 0 Å². The first kappa shape index (κ1) is 17.3. The maximum Gasteiger partial charge on any atom is 0.241 e. The van der Waals surface area contributed by atoms with Crippen LogP contribution in [0.15, 0.2) is 18.3 Å². The summed E-state index contributed by atoms with van der Waals surface area (Å²) in [6.07, 6.45) is 1.57. The van der Waals surface area contributed by atoms with Crippen LogP contribution in [0, 0.1) is 0 Å². The number of halogens is 2. The SMILES string of the molecule is COc1cc(OC)c(Cl)c(-c2cc3cnc(N)nc3c(OC)n2)c1Cl. The molecule has 0 saturated carbocycles. The van der Waals surface area contributed by atoms with E-state index < -0.39 is 0 Å². The van der Waals surface area contributed by atoms with E-state index in [1.54, 1.807) is 18.3 Å². The van der Waals surface area contributed by atoms with Gasteiger partial charge in [-0.2, -0.15) is 0 Å². The van der Waals surface area contributed by atoms with Crippen LogP contribution in [0.1, 0.15) is 0 Å². The van der Waals surface area contributed by atoms with Crippen molar-refractivity contribution >= 4 is 40.1 Å². The molecule has 130 valence electrons. The molecule has 0 spiro atoms. The summed E-state index contributed by atoms with van der Waals surface area (Å²) in [6.45, 7) is 0. The Labute approximate surface area is 153 Å². The van der Waals surface area contributed by atoms with Crippen molar-refractivity contribution in [2.75, 3.05) is 27.1 Å². The Bertz CT molecular complexity index is 938. The molecule has 3 rings (SSSR count). The summed E-state index contributed by atoms with van der Waals surface area (Å²) in [5.74, 6) is 1.22. The second-order valence-corrected chi connectivity index (χ2v) is 5.72. The molecule has 0 unspecified atom stereocenters. The molecule has 2 N–H and O–H groups in total. The van der Waals surface area contributed by atoms with Crippen LogP contribution in [0.2, 0.25) is 10.0 Å². The number of pyridine rings is 1. The number of nitrogen functional groups attached to an aromatic ring is 1. The Balaban J connectivity index is 2.35. The largest absolute Gasteiger partial charge is 0.495 e. The van der Waals surface area contributed by atoms with E-state index in [2.05, 4.69) is 15.0 Å². The highest BCUT2D eigenvalue weighted by molar-refractivity contribution is 6.41. The number of rotatable bonds is 4. The molecule has 0 radical (unpaired) electrons.